The van der Waals surface area contributed by atoms with Crippen LogP contribution >= 0.6 is 0 Å². The number of hydrogen-bond donors (Lipinski definition) is 0. The summed E-state index contributed by atoms with van der Waals surface area (Å²) in [5.74, 6) is 2.72. The summed E-state index contributed by atoms with van der Waals surface area (Å²) >= 11 is 0. The molecule has 4 heteroatoms. The van der Waals surface area contributed by atoms with Crippen molar-refractivity contribution in [3.05, 3.63) is 89.2 Å². The lowest BCUT2D eigenvalue weighted by molar-refractivity contribution is 0.271. The minimum Gasteiger partial charge on any atom is -0.491 e. The molecule has 4 nitrogen and oxygen atoms in total. The van der Waals surface area contributed by atoms with Crippen LogP contribution in [0.25, 0.3) is 11.0 Å². The Morgan fingerprint density at radius 1 is 0.828 bits per heavy atom. The van der Waals surface area contributed by atoms with Crippen LogP contribution in [0, 0.1) is 20.8 Å². The van der Waals surface area contributed by atoms with Crippen LogP contribution in [0.4, 0.5) is 0 Å². The molecule has 0 saturated heterocycles. The Kier molecular flexibility index (Phi) is 5.52. The van der Waals surface area contributed by atoms with Crippen molar-refractivity contribution in [1.29, 1.82) is 0 Å². The fourth-order valence-electron chi connectivity index (χ4n) is 3.60. The lowest BCUT2D eigenvalue weighted by Gasteiger charge is -2.14. The molecule has 0 amide bonds. The van der Waals surface area contributed by atoms with Gasteiger partial charge in [-0.05, 0) is 61.7 Å². The lowest BCUT2D eigenvalue weighted by Crippen LogP contribution is -2.13. The molecule has 0 fully saturated rings. The molecule has 148 valence electrons. The highest BCUT2D eigenvalue weighted by atomic mass is 16.5. The second-order valence-electron chi connectivity index (χ2n) is 7.34. The second kappa shape index (κ2) is 8.39. The summed E-state index contributed by atoms with van der Waals surface area (Å²) in [6.45, 7) is 7.92. The summed E-state index contributed by atoms with van der Waals surface area (Å²) in [6.07, 6.45) is 0. The minimum absolute atomic E-state index is 0.418. The van der Waals surface area contributed by atoms with Crippen molar-refractivity contribution in [1.82, 2.24) is 9.55 Å². The fraction of sp³-hybridized carbons (Fsp3) is 0.240. The van der Waals surface area contributed by atoms with Gasteiger partial charge in [0.05, 0.1) is 17.6 Å². The van der Waals surface area contributed by atoms with E-state index in [1.54, 1.807) is 0 Å². The van der Waals surface area contributed by atoms with Gasteiger partial charge in [0.25, 0.3) is 0 Å². The van der Waals surface area contributed by atoms with Crippen molar-refractivity contribution in [2.45, 2.75) is 33.9 Å². The topological polar surface area (TPSA) is 36.3 Å². The molecule has 0 aliphatic heterocycles. The molecule has 0 bridgehead atoms. The van der Waals surface area contributed by atoms with Gasteiger partial charge in [-0.2, -0.15) is 0 Å². The maximum absolute atomic E-state index is 6.13. The predicted molar refractivity (Wildman–Crippen MR) is 117 cm³/mol. The normalized spacial score (nSPS) is 11.0. The predicted octanol–water partition coefficient (Wildman–Crippen LogP) is 5.62. The Hall–Kier alpha value is -3.27. The van der Waals surface area contributed by atoms with E-state index in [1.165, 1.54) is 5.56 Å². The van der Waals surface area contributed by atoms with Crippen LogP contribution in [-0.2, 0) is 13.2 Å². The molecule has 0 unspecified atom stereocenters. The largest absolute Gasteiger partial charge is 0.491 e. The summed E-state index contributed by atoms with van der Waals surface area (Å²) in [7, 11) is 0. The van der Waals surface area contributed by atoms with Gasteiger partial charge in [0.2, 0.25) is 0 Å². The quantitative estimate of drug-likeness (QED) is 0.414. The number of ether oxygens (including phenoxy) is 2. The van der Waals surface area contributed by atoms with E-state index in [9.17, 15) is 0 Å². The van der Waals surface area contributed by atoms with Gasteiger partial charge in [0.15, 0.2) is 0 Å². The number of fused-ring (bicyclic) bond motifs is 1. The number of imidazole rings is 1. The first-order chi connectivity index (χ1) is 14.1. The molecule has 0 spiro atoms. The van der Waals surface area contributed by atoms with E-state index in [4.69, 9.17) is 14.5 Å². The Bertz CT molecular complexity index is 1110. The van der Waals surface area contributed by atoms with Crippen LogP contribution in [0.15, 0.2) is 66.7 Å². The lowest BCUT2D eigenvalue weighted by atomic mass is 10.1. The van der Waals surface area contributed by atoms with E-state index in [0.717, 1.165) is 39.5 Å². The van der Waals surface area contributed by atoms with E-state index in [-0.39, 0.29) is 0 Å². The van der Waals surface area contributed by atoms with Crippen LogP contribution < -0.4 is 9.47 Å². The fourth-order valence-corrected chi connectivity index (χ4v) is 3.60. The van der Waals surface area contributed by atoms with Crippen LogP contribution in [0.1, 0.15) is 22.5 Å². The van der Waals surface area contributed by atoms with E-state index in [2.05, 4.69) is 55.7 Å². The van der Waals surface area contributed by atoms with Crippen LogP contribution in [0.2, 0.25) is 0 Å². The van der Waals surface area contributed by atoms with Crippen LogP contribution in [0.5, 0.6) is 11.5 Å². The third-order valence-electron chi connectivity index (χ3n) is 5.06. The van der Waals surface area contributed by atoms with Gasteiger partial charge >= 0.3 is 0 Å². The Balaban J connectivity index is 1.53. The summed E-state index contributed by atoms with van der Waals surface area (Å²) in [6, 6.07) is 22.5. The number of aryl methyl sites for hydroxylation is 3. The molecular formula is C25H26N2O2. The number of aromatic nitrogens is 2. The molecule has 4 aromatic rings. The van der Waals surface area contributed by atoms with Crippen molar-refractivity contribution in [3.63, 3.8) is 0 Å². The maximum atomic E-state index is 6.13. The van der Waals surface area contributed by atoms with E-state index >= 15 is 0 Å². The number of hydrogen-bond acceptors (Lipinski definition) is 3. The van der Waals surface area contributed by atoms with Crippen LogP contribution in [0.3, 0.4) is 0 Å². The summed E-state index contributed by atoms with van der Waals surface area (Å²) in [4.78, 5) is 4.79. The van der Waals surface area contributed by atoms with Crippen molar-refractivity contribution in [2.24, 2.45) is 0 Å². The highest BCUT2D eigenvalue weighted by molar-refractivity contribution is 5.75. The monoisotopic (exact) mass is 386 g/mol. The minimum atomic E-state index is 0.418. The molecule has 0 aliphatic rings. The highest BCUT2D eigenvalue weighted by Gasteiger charge is 2.12. The molecule has 0 atom stereocenters. The number of nitrogens with zero attached hydrogens (tertiary/aromatic N) is 2. The zero-order chi connectivity index (χ0) is 20.2. The first-order valence-corrected chi connectivity index (χ1v) is 9.94. The van der Waals surface area contributed by atoms with Gasteiger partial charge in [-0.25, -0.2) is 4.98 Å². The van der Waals surface area contributed by atoms with Gasteiger partial charge in [0, 0.05) is 0 Å². The first kappa shape index (κ1) is 19.1. The number of rotatable bonds is 7. The zero-order valence-corrected chi connectivity index (χ0v) is 17.2. The molecule has 3 aromatic carbocycles. The summed E-state index contributed by atoms with van der Waals surface area (Å²) < 4.78 is 14.3. The van der Waals surface area contributed by atoms with Crippen LogP contribution in [-0.4, -0.2) is 16.2 Å². The van der Waals surface area contributed by atoms with Gasteiger partial charge in [-0.3, -0.25) is 0 Å². The van der Waals surface area contributed by atoms with Gasteiger partial charge in [-0.15, -0.1) is 0 Å². The Labute approximate surface area is 171 Å². The summed E-state index contributed by atoms with van der Waals surface area (Å²) in [5, 5.41) is 0. The third kappa shape index (κ3) is 4.27. The highest BCUT2D eigenvalue weighted by Crippen LogP contribution is 2.23. The average molecular weight is 386 g/mol. The molecule has 0 N–H and O–H groups in total. The molecule has 0 aliphatic carbocycles. The number of benzene rings is 3. The molecule has 1 heterocycles. The molecule has 4 rings (SSSR count). The first-order valence-electron chi connectivity index (χ1n) is 9.94. The SMILES string of the molecule is Cc1cccc(OCc2nc3ccccc3n2CCOc2c(C)cccc2C)c1. The average Bonchev–Trinajstić information content (AvgIpc) is 3.06. The van der Waals surface area contributed by atoms with Gasteiger partial charge < -0.3 is 14.0 Å². The van der Waals surface area contributed by atoms with Gasteiger partial charge in [0.1, 0.15) is 30.5 Å². The molecule has 29 heavy (non-hydrogen) atoms. The standard InChI is InChI=1S/C25H26N2O2/c1-18-8-6-11-21(16-18)29-17-24-26-22-12-4-5-13-23(22)27(24)14-15-28-25-19(2)9-7-10-20(25)3/h4-13,16H,14-15,17H2,1-3H3. The van der Waals surface area contributed by atoms with Gasteiger partial charge in [-0.1, -0.05) is 42.5 Å². The zero-order valence-electron chi connectivity index (χ0n) is 17.2. The van der Waals surface area contributed by atoms with E-state index in [1.807, 2.05) is 36.4 Å². The molecule has 0 radical (unpaired) electrons. The van der Waals surface area contributed by atoms with Crippen molar-refractivity contribution >= 4 is 11.0 Å². The second-order valence-corrected chi connectivity index (χ2v) is 7.34. The van der Waals surface area contributed by atoms with Crippen molar-refractivity contribution in [2.75, 3.05) is 6.61 Å². The summed E-state index contributed by atoms with van der Waals surface area (Å²) in [5.41, 5.74) is 5.56. The Morgan fingerprint density at radius 2 is 1.59 bits per heavy atom. The van der Waals surface area contributed by atoms with E-state index < -0.39 is 0 Å². The maximum Gasteiger partial charge on any atom is 0.148 e. The smallest absolute Gasteiger partial charge is 0.148 e. The Morgan fingerprint density at radius 3 is 2.38 bits per heavy atom. The van der Waals surface area contributed by atoms with Crippen molar-refractivity contribution < 1.29 is 9.47 Å². The third-order valence-corrected chi connectivity index (χ3v) is 5.06. The molecular weight excluding hydrogens is 360 g/mol. The molecule has 0 saturated carbocycles. The van der Waals surface area contributed by atoms with Crippen molar-refractivity contribution in [3.8, 4) is 11.5 Å². The molecule has 1 aromatic heterocycles. The van der Waals surface area contributed by atoms with E-state index in [0.29, 0.717) is 19.8 Å². The number of para-hydroxylation sites is 3.